The highest BCUT2D eigenvalue weighted by atomic mass is 32.2. The number of halogens is 1. The minimum Gasteiger partial charge on any atom is -0.491 e. The normalized spacial score (nSPS) is 12.6. The van der Waals surface area contributed by atoms with E-state index in [1.165, 1.54) is 18.2 Å². The first-order valence-corrected chi connectivity index (χ1v) is 11.1. The number of nitrogens with one attached hydrogen (secondary N) is 1. The van der Waals surface area contributed by atoms with Gasteiger partial charge in [-0.1, -0.05) is 24.3 Å². The molecule has 0 radical (unpaired) electrons. The van der Waals surface area contributed by atoms with E-state index in [0.717, 1.165) is 21.7 Å². The van der Waals surface area contributed by atoms with E-state index in [4.69, 9.17) is 4.74 Å². The molecule has 0 saturated heterocycles. The third-order valence-corrected chi connectivity index (χ3v) is 5.68. The van der Waals surface area contributed by atoms with Crippen molar-refractivity contribution in [3.8, 4) is 5.75 Å². The van der Waals surface area contributed by atoms with Gasteiger partial charge in [0.05, 0.1) is 18.8 Å². The van der Waals surface area contributed by atoms with Crippen LogP contribution in [0.1, 0.15) is 23.6 Å². The first kappa shape index (κ1) is 22.8. The highest BCUT2D eigenvalue weighted by Gasteiger charge is 2.22. The van der Waals surface area contributed by atoms with Crippen molar-refractivity contribution in [1.82, 2.24) is 9.62 Å². The number of hydrogen-bond donors (Lipinski definition) is 1. The Labute approximate surface area is 171 Å². The minimum atomic E-state index is -3.70. The second kappa shape index (κ2) is 9.84. The van der Waals surface area contributed by atoms with E-state index in [9.17, 15) is 17.6 Å². The molecule has 0 saturated carbocycles. The van der Waals surface area contributed by atoms with Crippen molar-refractivity contribution in [2.75, 3.05) is 19.4 Å². The molecule has 8 heteroatoms. The Kier molecular flexibility index (Phi) is 7.75. The Morgan fingerprint density at radius 1 is 1.17 bits per heavy atom. The largest absolute Gasteiger partial charge is 0.491 e. The van der Waals surface area contributed by atoms with E-state index in [1.54, 1.807) is 13.0 Å². The van der Waals surface area contributed by atoms with Crippen LogP contribution in [0.4, 0.5) is 4.39 Å². The summed E-state index contributed by atoms with van der Waals surface area (Å²) in [6.45, 7) is 5.38. The Morgan fingerprint density at radius 2 is 1.86 bits per heavy atom. The molecule has 0 fully saturated rings. The number of benzene rings is 2. The summed E-state index contributed by atoms with van der Waals surface area (Å²) in [5.41, 5.74) is 2.47. The van der Waals surface area contributed by atoms with E-state index in [-0.39, 0.29) is 24.8 Å². The number of ether oxygens (including phenoxy) is 1. The maximum absolute atomic E-state index is 13.9. The van der Waals surface area contributed by atoms with E-state index in [1.807, 2.05) is 32.0 Å². The summed E-state index contributed by atoms with van der Waals surface area (Å²) in [5, 5.41) is 2.72. The van der Waals surface area contributed by atoms with E-state index in [2.05, 4.69) is 5.32 Å². The lowest BCUT2D eigenvalue weighted by atomic mass is 10.1. The second-order valence-corrected chi connectivity index (χ2v) is 9.13. The predicted molar refractivity (Wildman–Crippen MR) is 111 cm³/mol. The number of nitrogens with zero attached hydrogens (tertiary/aromatic N) is 1. The molecule has 1 N–H and O–H groups in total. The van der Waals surface area contributed by atoms with Crippen molar-refractivity contribution >= 4 is 15.9 Å². The number of carbonyl (C=O) groups excluding carboxylic acids is 1. The van der Waals surface area contributed by atoms with Crippen molar-refractivity contribution in [1.29, 1.82) is 0 Å². The zero-order chi connectivity index (χ0) is 21.6. The number of hydrogen-bond acceptors (Lipinski definition) is 4. The van der Waals surface area contributed by atoms with Gasteiger partial charge in [-0.05, 0) is 50.1 Å². The fourth-order valence-corrected chi connectivity index (χ4v) is 3.38. The van der Waals surface area contributed by atoms with Gasteiger partial charge >= 0.3 is 0 Å². The summed E-state index contributed by atoms with van der Waals surface area (Å²) < 4.78 is 44.6. The molecule has 2 aromatic rings. The van der Waals surface area contributed by atoms with E-state index in [0.29, 0.717) is 5.75 Å². The summed E-state index contributed by atoms with van der Waals surface area (Å²) in [5.74, 6) is -0.300. The molecule has 2 rings (SSSR count). The molecule has 0 aliphatic heterocycles. The molecule has 0 spiro atoms. The van der Waals surface area contributed by atoms with Crippen molar-refractivity contribution < 1.29 is 22.3 Å². The molecule has 0 aliphatic rings. The maximum atomic E-state index is 13.9. The van der Waals surface area contributed by atoms with E-state index >= 15 is 0 Å². The first-order chi connectivity index (χ1) is 13.6. The number of carbonyl (C=O) groups is 1. The van der Waals surface area contributed by atoms with Crippen LogP contribution >= 0.6 is 0 Å². The number of aryl methyl sites for hydroxylation is 2. The number of amides is 1. The Morgan fingerprint density at radius 3 is 2.48 bits per heavy atom. The van der Waals surface area contributed by atoms with Gasteiger partial charge in [0.1, 0.15) is 18.2 Å². The van der Waals surface area contributed by atoms with Gasteiger partial charge in [-0.2, -0.15) is 4.31 Å². The Bertz CT molecular complexity index is 963. The monoisotopic (exact) mass is 422 g/mol. The van der Waals surface area contributed by atoms with Gasteiger partial charge in [-0.15, -0.1) is 0 Å². The average molecular weight is 423 g/mol. The van der Waals surface area contributed by atoms with Crippen LogP contribution in [0.15, 0.2) is 42.5 Å². The first-order valence-electron chi connectivity index (χ1n) is 9.24. The molecular formula is C21H27FN2O4S. The van der Waals surface area contributed by atoms with Gasteiger partial charge < -0.3 is 10.1 Å². The standard InChI is InChI=1S/C21H27FN2O4S/c1-15-9-10-19(11-16(15)2)28-14-17(3)23-21(25)13-24(29(4,26)27)12-18-7-5-6-8-20(18)22/h5-11,17H,12-14H2,1-4H3,(H,23,25)/t17-/m1/s1. The fraction of sp³-hybridized carbons (Fsp3) is 0.381. The third-order valence-electron chi connectivity index (χ3n) is 4.48. The summed E-state index contributed by atoms with van der Waals surface area (Å²) in [7, 11) is -3.70. The van der Waals surface area contributed by atoms with Crippen LogP contribution in [0.25, 0.3) is 0 Å². The molecule has 1 atom stereocenters. The van der Waals surface area contributed by atoms with Gasteiger partial charge in [0, 0.05) is 12.1 Å². The summed E-state index contributed by atoms with van der Waals surface area (Å²) in [4.78, 5) is 12.3. The van der Waals surface area contributed by atoms with Crippen LogP contribution in [0, 0.1) is 19.7 Å². The predicted octanol–water partition coefficient (Wildman–Crippen LogP) is 2.79. The van der Waals surface area contributed by atoms with Gasteiger partial charge in [0.25, 0.3) is 0 Å². The van der Waals surface area contributed by atoms with Crippen LogP contribution in [0.5, 0.6) is 5.75 Å². The highest BCUT2D eigenvalue weighted by molar-refractivity contribution is 7.88. The molecule has 2 aromatic carbocycles. The second-order valence-electron chi connectivity index (χ2n) is 7.15. The Hall–Kier alpha value is -2.45. The lowest BCUT2D eigenvalue weighted by Crippen LogP contribution is -2.44. The molecule has 1 amide bonds. The lowest BCUT2D eigenvalue weighted by molar-refractivity contribution is -0.122. The minimum absolute atomic E-state index is 0.205. The fourth-order valence-electron chi connectivity index (χ4n) is 2.65. The molecule has 0 bridgehead atoms. The molecule has 6 nitrogen and oxygen atoms in total. The van der Waals surface area contributed by atoms with Gasteiger partial charge in [0.2, 0.25) is 15.9 Å². The van der Waals surface area contributed by atoms with Crippen molar-refractivity contribution in [2.45, 2.75) is 33.4 Å². The zero-order valence-electron chi connectivity index (χ0n) is 17.1. The van der Waals surface area contributed by atoms with Crippen LogP contribution in [0.3, 0.4) is 0 Å². The smallest absolute Gasteiger partial charge is 0.235 e. The molecule has 29 heavy (non-hydrogen) atoms. The zero-order valence-corrected chi connectivity index (χ0v) is 17.9. The molecule has 0 aliphatic carbocycles. The maximum Gasteiger partial charge on any atom is 0.235 e. The van der Waals surface area contributed by atoms with Gasteiger partial charge in [0.15, 0.2) is 0 Å². The number of sulfonamides is 1. The van der Waals surface area contributed by atoms with Gasteiger partial charge in [-0.3, -0.25) is 4.79 Å². The van der Waals surface area contributed by atoms with Crippen LogP contribution < -0.4 is 10.1 Å². The van der Waals surface area contributed by atoms with Crippen LogP contribution in [0.2, 0.25) is 0 Å². The molecule has 158 valence electrons. The Balaban J connectivity index is 1.93. The summed E-state index contributed by atoms with van der Waals surface area (Å²) in [6, 6.07) is 11.3. The number of rotatable bonds is 9. The topological polar surface area (TPSA) is 75.7 Å². The van der Waals surface area contributed by atoms with Crippen molar-refractivity contribution in [3.63, 3.8) is 0 Å². The van der Waals surface area contributed by atoms with Gasteiger partial charge in [-0.25, -0.2) is 12.8 Å². The van der Waals surface area contributed by atoms with Crippen LogP contribution in [-0.4, -0.2) is 44.1 Å². The van der Waals surface area contributed by atoms with Crippen molar-refractivity contribution in [2.24, 2.45) is 0 Å². The average Bonchev–Trinajstić information content (AvgIpc) is 2.63. The molecule has 0 unspecified atom stereocenters. The molecule has 0 heterocycles. The van der Waals surface area contributed by atoms with E-state index < -0.39 is 28.3 Å². The molecular weight excluding hydrogens is 395 g/mol. The highest BCUT2D eigenvalue weighted by Crippen LogP contribution is 2.16. The quantitative estimate of drug-likeness (QED) is 0.674. The third kappa shape index (κ3) is 7.14. The SMILES string of the molecule is Cc1ccc(OC[C@@H](C)NC(=O)CN(Cc2ccccc2F)S(C)(=O)=O)cc1C. The molecule has 0 aromatic heterocycles. The van der Waals surface area contributed by atoms with Crippen LogP contribution in [-0.2, 0) is 21.4 Å². The van der Waals surface area contributed by atoms with Crippen molar-refractivity contribution in [3.05, 3.63) is 65.0 Å². The summed E-state index contributed by atoms with van der Waals surface area (Å²) >= 11 is 0. The summed E-state index contributed by atoms with van der Waals surface area (Å²) in [6.07, 6.45) is 0.993. The lowest BCUT2D eigenvalue weighted by Gasteiger charge is -2.21.